The Hall–Kier alpha value is -2.42. The lowest BCUT2D eigenvalue weighted by molar-refractivity contribution is -0.274. The number of alkyl halides is 3. The van der Waals surface area contributed by atoms with Gasteiger partial charge in [0, 0.05) is 17.9 Å². The van der Waals surface area contributed by atoms with Crippen molar-refractivity contribution in [3.8, 4) is 5.75 Å². The van der Waals surface area contributed by atoms with Gasteiger partial charge in [0.25, 0.3) is 0 Å². The molecule has 2 aromatic rings. The van der Waals surface area contributed by atoms with E-state index < -0.39 is 21.1 Å². The highest BCUT2D eigenvalue weighted by Crippen LogP contribution is 2.24. The summed E-state index contributed by atoms with van der Waals surface area (Å²) in [5, 5.41) is 3.07. The summed E-state index contributed by atoms with van der Waals surface area (Å²) in [5.41, 5.74) is 1.97. The second-order valence-corrected chi connectivity index (χ2v) is 9.28. The molecule has 0 heterocycles. The number of anilines is 2. The third-order valence-electron chi connectivity index (χ3n) is 3.60. The topological polar surface area (TPSA) is 67.4 Å². The number of nitrogens with one attached hydrogen (secondary N) is 2. The number of ether oxygens (including phenoxy) is 1. The third-order valence-corrected chi connectivity index (χ3v) is 5.71. The van der Waals surface area contributed by atoms with Crippen LogP contribution in [0.2, 0.25) is 0 Å². The molecule has 0 amide bonds. The van der Waals surface area contributed by atoms with Gasteiger partial charge in [-0.1, -0.05) is 12.1 Å². The molecule has 0 aliphatic heterocycles. The van der Waals surface area contributed by atoms with Gasteiger partial charge in [0.1, 0.15) is 5.75 Å². The Morgan fingerprint density at radius 1 is 0.889 bits per heavy atom. The van der Waals surface area contributed by atoms with E-state index in [9.17, 15) is 21.6 Å². The summed E-state index contributed by atoms with van der Waals surface area (Å²) in [4.78, 5) is 0. The molecule has 0 saturated carbocycles. The Labute approximate surface area is 156 Å². The van der Waals surface area contributed by atoms with E-state index in [2.05, 4.69) is 14.8 Å². The lowest BCUT2D eigenvalue weighted by Crippen LogP contribution is -2.33. The molecule has 5 nitrogen and oxygen atoms in total. The molecule has 9 heteroatoms. The largest absolute Gasteiger partial charge is 0.573 e. The van der Waals surface area contributed by atoms with E-state index in [1.54, 1.807) is 45.0 Å². The molecule has 0 bridgehead atoms. The Bertz CT molecular complexity index is 857. The number of halogens is 3. The van der Waals surface area contributed by atoms with Gasteiger partial charge in [0.15, 0.2) is 0 Å². The number of sulfonamides is 1. The Morgan fingerprint density at radius 2 is 1.41 bits per heavy atom. The van der Waals surface area contributed by atoms with Crippen molar-refractivity contribution in [2.75, 3.05) is 10.0 Å². The number of rotatable bonds is 6. The quantitative estimate of drug-likeness (QED) is 0.733. The summed E-state index contributed by atoms with van der Waals surface area (Å²) >= 11 is 0. The fourth-order valence-corrected chi connectivity index (χ4v) is 2.73. The number of hydrogen-bond acceptors (Lipinski definition) is 4. The van der Waals surface area contributed by atoms with E-state index in [4.69, 9.17) is 0 Å². The summed E-state index contributed by atoms with van der Waals surface area (Å²) < 4.78 is 66.1. The van der Waals surface area contributed by atoms with Crippen molar-refractivity contribution in [3.63, 3.8) is 0 Å². The normalized spacial score (nSPS) is 12.5. The lowest BCUT2D eigenvalue weighted by Gasteiger charge is -2.20. The summed E-state index contributed by atoms with van der Waals surface area (Å²) in [6, 6.07) is 12.2. The molecule has 27 heavy (non-hydrogen) atoms. The second-order valence-electron chi connectivity index (χ2n) is 6.84. The second kappa shape index (κ2) is 7.67. The molecule has 0 aromatic heterocycles. The van der Waals surface area contributed by atoms with Crippen molar-refractivity contribution in [2.24, 2.45) is 0 Å². The first-order valence-electron chi connectivity index (χ1n) is 8.07. The first kappa shape index (κ1) is 20.9. The molecule has 0 aliphatic carbocycles. The van der Waals surface area contributed by atoms with Crippen molar-refractivity contribution in [1.82, 2.24) is 0 Å². The Morgan fingerprint density at radius 3 is 1.89 bits per heavy atom. The van der Waals surface area contributed by atoms with Gasteiger partial charge in [-0.2, -0.15) is 0 Å². The van der Waals surface area contributed by atoms with Crippen LogP contribution < -0.4 is 14.8 Å². The smallest absolute Gasteiger partial charge is 0.406 e. The minimum atomic E-state index is -4.72. The molecule has 0 saturated heterocycles. The highest BCUT2D eigenvalue weighted by molar-refractivity contribution is 7.94. The van der Waals surface area contributed by atoms with E-state index in [1.165, 1.54) is 24.3 Å². The first-order chi connectivity index (χ1) is 12.4. The van der Waals surface area contributed by atoms with Crippen molar-refractivity contribution < 1.29 is 26.3 Å². The zero-order chi connectivity index (χ0) is 20.3. The Kier molecular flexibility index (Phi) is 5.94. The maximum atomic E-state index is 12.1. The van der Waals surface area contributed by atoms with E-state index in [0.717, 1.165) is 5.56 Å². The van der Waals surface area contributed by atoms with Crippen LogP contribution >= 0.6 is 0 Å². The molecule has 148 valence electrons. The Balaban J connectivity index is 1.94. The van der Waals surface area contributed by atoms with Crippen LogP contribution in [0.4, 0.5) is 24.5 Å². The van der Waals surface area contributed by atoms with E-state index >= 15 is 0 Å². The van der Waals surface area contributed by atoms with E-state index in [0.29, 0.717) is 17.9 Å². The number of benzene rings is 2. The average molecular weight is 402 g/mol. The van der Waals surface area contributed by atoms with Crippen LogP contribution in [0.5, 0.6) is 5.75 Å². The molecule has 0 spiro atoms. The molecule has 0 unspecified atom stereocenters. The monoisotopic (exact) mass is 402 g/mol. The summed E-state index contributed by atoms with van der Waals surface area (Å²) in [6.07, 6.45) is -4.72. The van der Waals surface area contributed by atoms with Crippen LogP contribution in [-0.4, -0.2) is 19.5 Å². The van der Waals surface area contributed by atoms with Crippen LogP contribution in [0.15, 0.2) is 48.5 Å². The molecule has 2 rings (SSSR count). The fourth-order valence-electron chi connectivity index (χ4n) is 1.98. The maximum absolute atomic E-state index is 12.1. The summed E-state index contributed by atoms with van der Waals surface area (Å²) in [6.45, 7) is 5.25. The van der Waals surface area contributed by atoms with Crippen LogP contribution in [-0.2, 0) is 16.6 Å². The van der Waals surface area contributed by atoms with Gasteiger partial charge in [0.05, 0.1) is 4.75 Å². The highest BCUT2D eigenvalue weighted by atomic mass is 32.2. The van der Waals surface area contributed by atoms with Crippen molar-refractivity contribution in [1.29, 1.82) is 0 Å². The minimum absolute atomic E-state index is 0.288. The highest BCUT2D eigenvalue weighted by Gasteiger charge is 2.31. The van der Waals surface area contributed by atoms with Gasteiger partial charge >= 0.3 is 6.36 Å². The standard InChI is InChI=1S/C18H21F3N2O3S/c1-17(2,3)27(24,25)23-15-6-4-13(5-7-15)12-22-14-8-10-16(11-9-14)26-18(19,20)21/h4-11,22-23H,12H2,1-3H3. The molecule has 2 N–H and O–H groups in total. The lowest BCUT2D eigenvalue weighted by atomic mass is 10.2. The first-order valence-corrected chi connectivity index (χ1v) is 9.55. The van der Waals surface area contributed by atoms with E-state index in [-0.39, 0.29) is 5.75 Å². The van der Waals surface area contributed by atoms with E-state index in [1.807, 2.05) is 0 Å². The van der Waals surface area contributed by atoms with Crippen LogP contribution in [0.3, 0.4) is 0 Å². The molecule has 0 radical (unpaired) electrons. The number of hydrogen-bond donors (Lipinski definition) is 2. The average Bonchev–Trinajstić information content (AvgIpc) is 2.53. The minimum Gasteiger partial charge on any atom is -0.406 e. The van der Waals surface area contributed by atoms with Gasteiger partial charge < -0.3 is 10.1 Å². The van der Waals surface area contributed by atoms with Crippen molar-refractivity contribution in [2.45, 2.75) is 38.4 Å². The third kappa shape index (κ3) is 6.35. The zero-order valence-corrected chi connectivity index (χ0v) is 15.9. The molecule has 2 aromatic carbocycles. The SMILES string of the molecule is CC(C)(C)S(=O)(=O)Nc1ccc(CNc2ccc(OC(F)(F)F)cc2)cc1. The fraction of sp³-hybridized carbons (Fsp3) is 0.333. The van der Waals surface area contributed by atoms with Gasteiger partial charge in [-0.25, -0.2) is 8.42 Å². The molecule has 0 aliphatic rings. The predicted molar refractivity (Wildman–Crippen MR) is 99.2 cm³/mol. The van der Waals surface area contributed by atoms with Gasteiger partial charge in [-0.05, 0) is 62.7 Å². The molecule has 0 atom stereocenters. The van der Waals surface area contributed by atoms with Crippen LogP contribution in [0.1, 0.15) is 26.3 Å². The van der Waals surface area contributed by atoms with Crippen molar-refractivity contribution >= 4 is 21.4 Å². The molecular weight excluding hydrogens is 381 g/mol. The summed E-state index contributed by atoms with van der Waals surface area (Å²) in [7, 11) is -3.49. The van der Waals surface area contributed by atoms with Gasteiger partial charge in [-0.3, -0.25) is 4.72 Å². The summed E-state index contributed by atoms with van der Waals surface area (Å²) in [5.74, 6) is -0.288. The van der Waals surface area contributed by atoms with Gasteiger partial charge in [-0.15, -0.1) is 13.2 Å². The zero-order valence-electron chi connectivity index (χ0n) is 15.1. The van der Waals surface area contributed by atoms with Crippen LogP contribution in [0.25, 0.3) is 0 Å². The van der Waals surface area contributed by atoms with Gasteiger partial charge in [0.2, 0.25) is 10.0 Å². The molecule has 0 fully saturated rings. The van der Waals surface area contributed by atoms with Crippen LogP contribution in [0, 0.1) is 0 Å². The van der Waals surface area contributed by atoms with Crippen molar-refractivity contribution in [3.05, 3.63) is 54.1 Å². The predicted octanol–water partition coefficient (Wildman–Crippen LogP) is 4.74. The maximum Gasteiger partial charge on any atom is 0.573 e. The molecular formula is C18H21F3N2O3S.